The van der Waals surface area contributed by atoms with Gasteiger partial charge in [-0.25, -0.2) is 0 Å². The Morgan fingerprint density at radius 3 is 2.46 bits per heavy atom. The van der Waals surface area contributed by atoms with Crippen LogP contribution < -0.4 is 0 Å². The maximum Gasteiger partial charge on any atom is 0.166 e. The van der Waals surface area contributed by atoms with Crippen LogP contribution in [0.15, 0.2) is 0 Å². The summed E-state index contributed by atoms with van der Waals surface area (Å²) >= 11 is 0. The lowest BCUT2D eigenvalue weighted by Crippen LogP contribution is -2.47. The Kier molecular flexibility index (Phi) is 3.36. The van der Waals surface area contributed by atoms with E-state index in [-0.39, 0.29) is 11.4 Å². The normalized spacial score (nSPS) is 33.2. The highest BCUT2D eigenvalue weighted by atomic mass is 16.7. The van der Waals surface area contributed by atoms with Crippen molar-refractivity contribution in [1.82, 2.24) is 0 Å². The molecule has 0 N–H and O–H groups in total. The van der Waals surface area contributed by atoms with Gasteiger partial charge in [-0.15, -0.1) is 0 Å². The summed E-state index contributed by atoms with van der Waals surface area (Å²) < 4.78 is 11.6. The molecule has 1 saturated heterocycles. The predicted octanol–water partition coefficient (Wildman–Crippen LogP) is 3.11. The average Bonchev–Trinajstić information content (AvgIpc) is 1.98. The summed E-state index contributed by atoms with van der Waals surface area (Å²) in [5.41, 5.74) is -0.0132. The van der Waals surface area contributed by atoms with Crippen LogP contribution in [0.5, 0.6) is 0 Å². The van der Waals surface area contributed by atoms with Gasteiger partial charge in [0.1, 0.15) is 0 Å². The van der Waals surface area contributed by atoms with Crippen molar-refractivity contribution in [3.05, 3.63) is 0 Å². The number of unbranched alkanes of at least 4 members (excludes halogenated alkanes) is 1. The van der Waals surface area contributed by atoms with Gasteiger partial charge in [0.25, 0.3) is 0 Å². The van der Waals surface area contributed by atoms with Gasteiger partial charge >= 0.3 is 0 Å². The molecular weight excluding hydrogens is 164 g/mol. The van der Waals surface area contributed by atoms with Crippen LogP contribution in [0.4, 0.5) is 0 Å². The zero-order valence-corrected chi connectivity index (χ0v) is 9.35. The lowest BCUT2D eigenvalue weighted by molar-refractivity contribution is -0.313. The van der Waals surface area contributed by atoms with Crippen molar-refractivity contribution in [3.8, 4) is 0 Å². The Morgan fingerprint density at radius 1 is 1.23 bits per heavy atom. The molecule has 0 bridgehead atoms. The monoisotopic (exact) mass is 186 g/mol. The summed E-state index contributed by atoms with van der Waals surface area (Å²) in [7, 11) is 0. The average molecular weight is 186 g/mol. The van der Waals surface area contributed by atoms with E-state index in [2.05, 4.69) is 27.7 Å². The smallest absolute Gasteiger partial charge is 0.166 e. The van der Waals surface area contributed by atoms with E-state index in [1.54, 1.807) is 0 Å². The maximum atomic E-state index is 5.94. The SMILES string of the molecule is CCCCC1(C)OCCC(C)(C)O1. The molecule has 1 unspecified atom stereocenters. The zero-order valence-electron chi connectivity index (χ0n) is 9.35. The van der Waals surface area contributed by atoms with Gasteiger partial charge in [0.2, 0.25) is 0 Å². The maximum absolute atomic E-state index is 5.94. The van der Waals surface area contributed by atoms with Crippen molar-refractivity contribution in [2.75, 3.05) is 6.61 Å². The lowest BCUT2D eigenvalue weighted by atomic mass is 10.0. The molecule has 1 aliphatic heterocycles. The van der Waals surface area contributed by atoms with Gasteiger partial charge in [0.05, 0.1) is 12.2 Å². The lowest BCUT2D eigenvalue weighted by Gasteiger charge is -2.43. The second-order valence-corrected chi connectivity index (χ2v) is 4.70. The fourth-order valence-corrected chi connectivity index (χ4v) is 1.80. The molecule has 0 aromatic carbocycles. The molecule has 0 saturated carbocycles. The summed E-state index contributed by atoms with van der Waals surface area (Å²) in [5.74, 6) is -0.336. The van der Waals surface area contributed by atoms with E-state index in [4.69, 9.17) is 9.47 Å². The van der Waals surface area contributed by atoms with Crippen molar-refractivity contribution < 1.29 is 9.47 Å². The highest BCUT2D eigenvalue weighted by Crippen LogP contribution is 2.33. The minimum Gasteiger partial charge on any atom is -0.350 e. The fraction of sp³-hybridized carbons (Fsp3) is 1.00. The summed E-state index contributed by atoms with van der Waals surface area (Å²) in [5, 5.41) is 0. The predicted molar refractivity (Wildman–Crippen MR) is 53.7 cm³/mol. The van der Waals surface area contributed by atoms with Crippen LogP contribution in [0.1, 0.15) is 53.4 Å². The largest absolute Gasteiger partial charge is 0.350 e. The van der Waals surface area contributed by atoms with E-state index in [1.807, 2.05) is 0 Å². The molecule has 78 valence electrons. The van der Waals surface area contributed by atoms with Crippen LogP contribution in [0, 0.1) is 0 Å². The molecular formula is C11H22O2. The van der Waals surface area contributed by atoms with Crippen LogP contribution in [-0.4, -0.2) is 18.0 Å². The first-order valence-corrected chi connectivity index (χ1v) is 5.32. The van der Waals surface area contributed by atoms with Gasteiger partial charge in [-0.1, -0.05) is 13.3 Å². The molecule has 0 aromatic heterocycles. The van der Waals surface area contributed by atoms with Crippen LogP contribution in [0.3, 0.4) is 0 Å². The van der Waals surface area contributed by atoms with E-state index >= 15 is 0 Å². The Morgan fingerprint density at radius 2 is 1.92 bits per heavy atom. The van der Waals surface area contributed by atoms with Gasteiger partial charge in [0, 0.05) is 6.42 Å². The molecule has 0 radical (unpaired) electrons. The Bertz CT molecular complexity index is 165. The first-order chi connectivity index (χ1) is 5.97. The summed E-state index contributed by atoms with van der Waals surface area (Å²) in [4.78, 5) is 0. The highest BCUT2D eigenvalue weighted by molar-refractivity contribution is 4.78. The molecule has 1 fully saturated rings. The van der Waals surface area contributed by atoms with Crippen molar-refractivity contribution in [2.45, 2.75) is 64.8 Å². The topological polar surface area (TPSA) is 18.5 Å². The Balaban J connectivity index is 2.47. The van der Waals surface area contributed by atoms with E-state index in [0.29, 0.717) is 0 Å². The molecule has 0 amide bonds. The Hall–Kier alpha value is -0.0800. The van der Waals surface area contributed by atoms with Crippen molar-refractivity contribution in [3.63, 3.8) is 0 Å². The van der Waals surface area contributed by atoms with Crippen LogP contribution >= 0.6 is 0 Å². The number of ether oxygens (including phenoxy) is 2. The van der Waals surface area contributed by atoms with E-state index in [9.17, 15) is 0 Å². The van der Waals surface area contributed by atoms with E-state index in [0.717, 1.165) is 19.4 Å². The van der Waals surface area contributed by atoms with Crippen molar-refractivity contribution >= 4 is 0 Å². The molecule has 1 atom stereocenters. The highest BCUT2D eigenvalue weighted by Gasteiger charge is 2.37. The first kappa shape index (κ1) is 11.0. The summed E-state index contributed by atoms with van der Waals surface area (Å²) in [6, 6.07) is 0. The zero-order chi connectivity index (χ0) is 9.95. The van der Waals surface area contributed by atoms with Gasteiger partial charge in [0.15, 0.2) is 5.79 Å². The molecule has 1 aliphatic rings. The summed E-state index contributed by atoms with van der Waals surface area (Å²) in [6.45, 7) is 9.35. The molecule has 1 heterocycles. The van der Waals surface area contributed by atoms with Crippen molar-refractivity contribution in [1.29, 1.82) is 0 Å². The van der Waals surface area contributed by atoms with Gasteiger partial charge < -0.3 is 9.47 Å². The quantitative estimate of drug-likeness (QED) is 0.674. The third-order valence-corrected chi connectivity index (χ3v) is 2.59. The van der Waals surface area contributed by atoms with Gasteiger partial charge in [-0.3, -0.25) is 0 Å². The molecule has 2 heteroatoms. The van der Waals surface area contributed by atoms with E-state index < -0.39 is 0 Å². The fourth-order valence-electron chi connectivity index (χ4n) is 1.80. The van der Waals surface area contributed by atoms with Crippen LogP contribution in [-0.2, 0) is 9.47 Å². The minimum absolute atomic E-state index is 0.0132. The third kappa shape index (κ3) is 3.28. The van der Waals surface area contributed by atoms with Gasteiger partial charge in [-0.05, 0) is 33.6 Å². The van der Waals surface area contributed by atoms with Gasteiger partial charge in [-0.2, -0.15) is 0 Å². The minimum atomic E-state index is -0.336. The first-order valence-electron chi connectivity index (χ1n) is 5.32. The second-order valence-electron chi connectivity index (χ2n) is 4.70. The number of hydrogen-bond acceptors (Lipinski definition) is 2. The molecule has 1 rings (SSSR count). The number of hydrogen-bond donors (Lipinski definition) is 0. The molecule has 0 spiro atoms. The Labute approximate surface area is 81.6 Å². The second kappa shape index (κ2) is 3.97. The van der Waals surface area contributed by atoms with E-state index in [1.165, 1.54) is 12.8 Å². The molecule has 2 nitrogen and oxygen atoms in total. The molecule has 0 aliphatic carbocycles. The van der Waals surface area contributed by atoms with Crippen LogP contribution in [0.25, 0.3) is 0 Å². The van der Waals surface area contributed by atoms with Crippen molar-refractivity contribution in [2.24, 2.45) is 0 Å². The summed E-state index contributed by atoms with van der Waals surface area (Å²) in [6.07, 6.45) is 4.37. The third-order valence-electron chi connectivity index (χ3n) is 2.59. The molecule has 0 aromatic rings. The molecule has 13 heavy (non-hydrogen) atoms. The number of rotatable bonds is 3. The standard InChI is InChI=1S/C11H22O2/c1-5-6-7-11(4)12-9-8-10(2,3)13-11/h5-9H2,1-4H3. The van der Waals surface area contributed by atoms with Crippen LogP contribution in [0.2, 0.25) is 0 Å².